The molecule has 18 atom stereocenters. The average molecular weight is 1790 g/mol. The molecule has 3 heterocycles. The third kappa shape index (κ3) is 40.9. The molecule has 0 saturated carbocycles. The van der Waals surface area contributed by atoms with Gasteiger partial charge in [-0.2, -0.15) is 5.26 Å². The van der Waals surface area contributed by atoms with Gasteiger partial charge in [0.1, 0.15) is 55.4 Å². The fourth-order valence-electron chi connectivity index (χ4n) is 12.8. The molecule has 3 saturated heterocycles. The number of nitrogens with zero attached hydrogens (tertiary/aromatic N) is 3. The van der Waals surface area contributed by atoms with E-state index in [9.17, 15) is 77.5 Å². The van der Waals surface area contributed by atoms with Crippen molar-refractivity contribution in [2.75, 3.05) is 132 Å². The lowest BCUT2D eigenvalue weighted by Gasteiger charge is -2.45. The minimum atomic E-state index is -1.75. The standard InChI is InChI=1S/C78H122N9O36P/c1-44(2)87(45(3)4)124(113-26-17-22-79)123-59-20-18-58(19-21-59)38-60(75(102)82-25-29-105-33-36-108-77-67(84-47(6)89)73(118-56(15)98)70(115-53(12)95)62(121-77)42-111-50(9)92)86(40-65(101)81-24-28-104-32-35-107-76-66(83-46(5)88)72(117-55(14)97)69(114-52(11)94)61(120-76)41-110-49(8)91)39-64(100)80-23-27-103-30-31-106-34-37-109-78-68(85-48(7)90)74(119-57(16)99)71(116-54(13)96)63(122-78)43-112-51(10)93/h18-21,44-45,49,60-63,66-74,76-78,91H,17,23-43H2,1-16H3,(H,80,100)(H,81,101)(H,82,102)(H,83,88)(H,84,89)(H,85,90). The van der Waals surface area contributed by atoms with Crippen LogP contribution in [-0.2, 0) is 168 Å². The molecular formula is C78H122N9O36P. The molecular weight excluding hydrogens is 1670 g/mol. The number of esters is 8. The summed E-state index contributed by atoms with van der Waals surface area (Å²) in [5.41, 5.74) is 0.525. The SMILES string of the molecule is CC(=O)NC1C(OCCOCCNC(=O)C(Cc2ccc(OP(OCCC#N)N(C(C)C)C(C)C)cc2)N(CC(=O)NCCOCCOCCOC2OC(COC(C)=O)C(OC(C)=O)C(OC(C)=O)C2NC(C)=O)CC(=O)NCCOCCOC2OC(COC(C)O)C(OC(C)=O)C(OC(C)=O)C2NC(C)=O)OC(COC(C)=O)C(OC(C)=O)C1OC(C)=O. The summed E-state index contributed by atoms with van der Waals surface area (Å²) in [6.45, 7) is 17.4. The first-order chi connectivity index (χ1) is 58.8. The lowest BCUT2D eigenvalue weighted by molar-refractivity contribution is -0.285. The summed E-state index contributed by atoms with van der Waals surface area (Å²) >= 11 is 0. The number of aliphatic hydroxyl groups excluding tert-OH is 1. The molecule has 0 aliphatic carbocycles. The van der Waals surface area contributed by atoms with E-state index in [1.165, 1.54) is 32.6 Å². The molecule has 3 aliphatic heterocycles. The fraction of sp³-hybridized carbons (Fsp3) is 0.731. The van der Waals surface area contributed by atoms with Crippen molar-refractivity contribution >= 4 is 91.7 Å². The Kier molecular flexibility index (Phi) is 49.7. The molecule has 3 fully saturated rings. The van der Waals surface area contributed by atoms with E-state index in [0.717, 1.165) is 55.4 Å². The molecule has 0 spiro atoms. The number of nitriles is 1. The van der Waals surface area contributed by atoms with E-state index in [1.54, 1.807) is 24.3 Å². The Morgan fingerprint density at radius 1 is 0.444 bits per heavy atom. The van der Waals surface area contributed by atoms with Gasteiger partial charge in [0, 0.05) is 108 Å². The fourth-order valence-corrected chi connectivity index (χ4v) is 14.4. The van der Waals surface area contributed by atoms with E-state index < -0.39 is 222 Å². The Balaban J connectivity index is 1.60. The summed E-state index contributed by atoms with van der Waals surface area (Å²) in [6.07, 6.45) is -17.3. The van der Waals surface area contributed by atoms with Gasteiger partial charge in [0.25, 0.3) is 0 Å². The van der Waals surface area contributed by atoms with Crippen molar-refractivity contribution in [2.24, 2.45) is 0 Å². The lowest BCUT2D eigenvalue weighted by atomic mass is 9.96. The van der Waals surface area contributed by atoms with Gasteiger partial charge in [0.05, 0.1) is 118 Å². The first-order valence-corrected chi connectivity index (χ1v) is 41.4. The van der Waals surface area contributed by atoms with Crippen LogP contribution in [0.15, 0.2) is 24.3 Å². The number of nitrogens with one attached hydrogen (secondary N) is 6. The minimum Gasteiger partial charge on any atom is -0.463 e. The van der Waals surface area contributed by atoms with Crippen molar-refractivity contribution in [2.45, 2.75) is 240 Å². The Labute approximate surface area is 720 Å². The number of carbonyl (C=O) groups excluding carboxylic acids is 14. The molecule has 0 aromatic heterocycles. The first-order valence-electron chi connectivity index (χ1n) is 40.2. The number of aliphatic hydroxyl groups is 1. The molecule has 1 aromatic carbocycles. The van der Waals surface area contributed by atoms with E-state index in [4.69, 9.17) is 99.0 Å². The highest BCUT2D eigenvalue weighted by atomic mass is 31.2. The van der Waals surface area contributed by atoms with Crippen molar-refractivity contribution in [1.29, 1.82) is 5.26 Å². The Hall–Kier alpha value is -9.08. The van der Waals surface area contributed by atoms with Crippen molar-refractivity contribution < 1.29 is 171 Å². The molecule has 6 amide bonds. The summed E-state index contributed by atoms with van der Waals surface area (Å²) < 4.78 is 123. The Morgan fingerprint density at radius 3 is 1.11 bits per heavy atom. The van der Waals surface area contributed by atoms with Crippen molar-refractivity contribution in [3.05, 3.63) is 29.8 Å². The molecule has 124 heavy (non-hydrogen) atoms. The number of hydrogen-bond acceptors (Lipinski definition) is 39. The van der Waals surface area contributed by atoms with Crippen LogP contribution in [0.1, 0.15) is 123 Å². The highest BCUT2D eigenvalue weighted by Gasteiger charge is 2.54. The maximum atomic E-state index is 15.0. The Morgan fingerprint density at radius 2 is 0.782 bits per heavy atom. The van der Waals surface area contributed by atoms with Gasteiger partial charge in [0.2, 0.25) is 35.4 Å². The molecule has 1 aromatic rings. The quantitative estimate of drug-likeness (QED) is 0.0132. The molecule has 7 N–H and O–H groups in total. The predicted molar refractivity (Wildman–Crippen MR) is 425 cm³/mol. The van der Waals surface area contributed by atoms with Crippen LogP contribution in [0.3, 0.4) is 0 Å². The molecule has 3 aliphatic rings. The van der Waals surface area contributed by atoms with Gasteiger partial charge in [-0.3, -0.25) is 72.0 Å². The molecule has 0 radical (unpaired) electrons. The summed E-state index contributed by atoms with van der Waals surface area (Å²) in [6, 6.07) is 3.63. The van der Waals surface area contributed by atoms with E-state index in [2.05, 4.69) is 38.0 Å². The lowest BCUT2D eigenvalue weighted by Crippen LogP contribution is -2.66. The largest absolute Gasteiger partial charge is 0.463 e. The third-order valence-corrected chi connectivity index (χ3v) is 19.6. The van der Waals surface area contributed by atoms with Gasteiger partial charge in [-0.1, -0.05) is 12.1 Å². The van der Waals surface area contributed by atoms with Gasteiger partial charge in [-0.25, -0.2) is 4.67 Å². The summed E-state index contributed by atoms with van der Waals surface area (Å²) in [7, 11) is -1.75. The number of benzene rings is 1. The van der Waals surface area contributed by atoms with Crippen LogP contribution in [-0.4, -0.2) is 346 Å². The summed E-state index contributed by atoms with van der Waals surface area (Å²) in [5.74, 6) is -9.64. The zero-order valence-corrected chi connectivity index (χ0v) is 73.8. The molecule has 0 bridgehead atoms. The van der Waals surface area contributed by atoms with Crippen LogP contribution in [0.2, 0.25) is 0 Å². The van der Waals surface area contributed by atoms with Gasteiger partial charge in [-0.05, 0) is 58.7 Å². The maximum absolute atomic E-state index is 15.0. The minimum absolute atomic E-state index is 0.0110. The van der Waals surface area contributed by atoms with Crippen molar-refractivity contribution in [1.82, 2.24) is 41.5 Å². The van der Waals surface area contributed by atoms with E-state index in [0.29, 0.717) is 11.3 Å². The molecule has 46 heteroatoms. The predicted octanol–water partition coefficient (Wildman–Crippen LogP) is -1.22. The van der Waals surface area contributed by atoms with Crippen LogP contribution < -0.4 is 36.4 Å². The van der Waals surface area contributed by atoms with Crippen LogP contribution >= 0.6 is 8.53 Å². The van der Waals surface area contributed by atoms with Crippen molar-refractivity contribution in [3.63, 3.8) is 0 Å². The van der Waals surface area contributed by atoms with Gasteiger partial charge in [0.15, 0.2) is 61.8 Å². The summed E-state index contributed by atoms with van der Waals surface area (Å²) in [4.78, 5) is 180. The highest BCUT2D eigenvalue weighted by Crippen LogP contribution is 2.46. The number of carbonyl (C=O) groups is 14. The van der Waals surface area contributed by atoms with Crippen LogP contribution in [0.4, 0.5) is 0 Å². The smallest absolute Gasteiger partial charge is 0.321 e. The van der Waals surface area contributed by atoms with E-state index in [-0.39, 0.29) is 130 Å². The molecule has 45 nitrogen and oxygen atoms in total. The van der Waals surface area contributed by atoms with Gasteiger partial charge >= 0.3 is 56.3 Å². The maximum Gasteiger partial charge on any atom is 0.321 e. The molecule has 4 rings (SSSR count). The number of rotatable bonds is 56. The third-order valence-electron chi connectivity index (χ3n) is 17.5. The zero-order valence-electron chi connectivity index (χ0n) is 72.9. The molecule has 18 unspecified atom stereocenters. The topological polar surface area (TPSA) is 555 Å². The van der Waals surface area contributed by atoms with Crippen LogP contribution in [0.5, 0.6) is 5.75 Å². The van der Waals surface area contributed by atoms with Crippen LogP contribution in [0, 0.1) is 11.3 Å². The second-order valence-corrected chi connectivity index (χ2v) is 30.1. The monoisotopic (exact) mass is 1790 g/mol. The molecule has 700 valence electrons. The zero-order chi connectivity index (χ0) is 92.1. The number of hydrogen-bond donors (Lipinski definition) is 7. The van der Waals surface area contributed by atoms with Gasteiger partial charge in [-0.15, -0.1) is 0 Å². The van der Waals surface area contributed by atoms with Gasteiger partial charge < -0.3 is 136 Å². The second-order valence-electron chi connectivity index (χ2n) is 28.7. The normalized spacial score (nSPS) is 23.0. The number of amides is 6. The number of ether oxygens (including phenoxy) is 19. The van der Waals surface area contributed by atoms with E-state index in [1.807, 2.05) is 32.4 Å². The first kappa shape index (κ1) is 107. The Bertz CT molecular complexity index is 3590. The van der Waals surface area contributed by atoms with Crippen LogP contribution in [0.25, 0.3) is 0 Å². The second kappa shape index (κ2) is 57.5. The average Bonchev–Trinajstić information content (AvgIpc) is 0.794. The summed E-state index contributed by atoms with van der Waals surface area (Å²) in [5, 5.41) is 35.5. The highest BCUT2D eigenvalue weighted by molar-refractivity contribution is 7.45. The van der Waals surface area contributed by atoms with E-state index >= 15 is 0 Å². The van der Waals surface area contributed by atoms with Crippen molar-refractivity contribution in [3.8, 4) is 11.8 Å².